The van der Waals surface area contributed by atoms with Gasteiger partial charge in [0.1, 0.15) is 5.69 Å². The van der Waals surface area contributed by atoms with E-state index in [0.29, 0.717) is 0 Å². The number of ether oxygens (including phenoxy) is 1. The molecule has 2 heterocycles. The van der Waals surface area contributed by atoms with E-state index in [0.717, 1.165) is 33.6 Å². The predicted molar refractivity (Wildman–Crippen MR) is 72.1 cm³/mol. The summed E-state index contributed by atoms with van der Waals surface area (Å²) >= 11 is 1.63. The lowest BCUT2D eigenvalue weighted by Crippen LogP contribution is -2.17. The van der Waals surface area contributed by atoms with E-state index < -0.39 is 0 Å². The van der Waals surface area contributed by atoms with Crippen molar-refractivity contribution in [2.24, 2.45) is 5.73 Å². The van der Waals surface area contributed by atoms with Crippen LogP contribution in [0.15, 0.2) is 6.20 Å². The summed E-state index contributed by atoms with van der Waals surface area (Å²) in [5, 5.41) is 5.31. The first-order valence-corrected chi connectivity index (χ1v) is 6.69. The first-order chi connectivity index (χ1) is 8.58. The van der Waals surface area contributed by atoms with E-state index in [1.165, 1.54) is 0 Å². The van der Waals surface area contributed by atoms with Crippen LogP contribution in [-0.4, -0.2) is 21.9 Å². The number of aromatic nitrogens is 3. The minimum atomic E-state index is -0.242. The molecule has 6 heteroatoms. The molecule has 0 spiro atoms. The second kappa shape index (κ2) is 5.07. The second-order valence-electron chi connectivity index (χ2n) is 4.07. The maximum absolute atomic E-state index is 6.36. The van der Waals surface area contributed by atoms with Gasteiger partial charge < -0.3 is 10.5 Å². The number of nitrogens with zero attached hydrogens (tertiary/aromatic N) is 3. The third-order valence-electron chi connectivity index (χ3n) is 2.88. The molecular weight excluding hydrogens is 248 g/mol. The highest BCUT2D eigenvalue weighted by molar-refractivity contribution is 7.11. The standard InChI is InChI=1S/C12H18N4OS/c1-5-16-11(9(17-4)6-14-16)10(13)12-7(2)15-8(3)18-12/h6,10H,5,13H2,1-4H3. The molecule has 0 saturated carbocycles. The van der Waals surface area contributed by atoms with E-state index >= 15 is 0 Å². The van der Waals surface area contributed by atoms with E-state index in [2.05, 4.69) is 10.1 Å². The number of rotatable bonds is 4. The summed E-state index contributed by atoms with van der Waals surface area (Å²) < 4.78 is 7.21. The lowest BCUT2D eigenvalue weighted by atomic mass is 10.1. The van der Waals surface area contributed by atoms with Gasteiger partial charge in [-0.2, -0.15) is 5.10 Å². The number of thiazole rings is 1. The third-order valence-corrected chi connectivity index (χ3v) is 4.04. The van der Waals surface area contributed by atoms with Gasteiger partial charge in [0, 0.05) is 6.54 Å². The van der Waals surface area contributed by atoms with Gasteiger partial charge >= 0.3 is 0 Å². The van der Waals surface area contributed by atoms with Crippen molar-refractivity contribution in [3.8, 4) is 5.75 Å². The zero-order chi connectivity index (χ0) is 13.3. The van der Waals surface area contributed by atoms with Crippen LogP contribution in [-0.2, 0) is 6.54 Å². The minimum Gasteiger partial charge on any atom is -0.493 e. The Bertz CT molecular complexity index is 525. The van der Waals surface area contributed by atoms with Crippen molar-refractivity contribution in [3.63, 3.8) is 0 Å². The minimum absolute atomic E-state index is 0.242. The van der Waals surface area contributed by atoms with Gasteiger partial charge in [-0.25, -0.2) is 4.98 Å². The zero-order valence-electron chi connectivity index (χ0n) is 11.1. The van der Waals surface area contributed by atoms with Crippen LogP contribution >= 0.6 is 11.3 Å². The first-order valence-electron chi connectivity index (χ1n) is 5.87. The molecule has 0 saturated heterocycles. The third kappa shape index (κ3) is 2.13. The van der Waals surface area contributed by atoms with Gasteiger partial charge in [-0.3, -0.25) is 4.68 Å². The molecule has 0 aliphatic heterocycles. The van der Waals surface area contributed by atoms with Crippen molar-refractivity contribution in [1.82, 2.24) is 14.8 Å². The highest BCUT2D eigenvalue weighted by Gasteiger charge is 2.23. The zero-order valence-corrected chi connectivity index (χ0v) is 11.9. The number of hydrogen-bond acceptors (Lipinski definition) is 5. The molecule has 1 atom stereocenters. The quantitative estimate of drug-likeness (QED) is 0.919. The van der Waals surface area contributed by atoms with Gasteiger partial charge in [-0.15, -0.1) is 11.3 Å². The number of methoxy groups -OCH3 is 1. The molecule has 98 valence electrons. The fraction of sp³-hybridized carbons (Fsp3) is 0.500. The molecule has 0 radical (unpaired) electrons. The van der Waals surface area contributed by atoms with Gasteiger partial charge in [0.15, 0.2) is 5.75 Å². The molecule has 2 aromatic heterocycles. The van der Waals surface area contributed by atoms with Crippen molar-refractivity contribution in [3.05, 3.63) is 27.5 Å². The molecule has 5 nitrogen and oxygen atoms in total. The molecule has 2 N–H and O–H groups in total. The fourth-order valence-corrected chi connectivity index (χ4v) is 2.99. The second-order valence-corrected chi connectivity index (χ2v) is 5.31. The van der Waals surface area contributed by atoms with Crippen LogP contribution in [0.3, 0.4) is 0 Å². The van der Waals surface area contributed by atoms with Crippen LogP contribution in [0.4, 0.5) is 0 Å². The van der Waals surface area contributed by atoms with Gasteiger partial charge in [0.25, 0.3) is 0 Å². The number of hydrogen-bond donors (Lipinski definition) is 1. The Balaban J connectivity index is 2.47. The predicted octanol–water partition coefficient (Wildman–Crippen LogP) is 2.03. The Morgan fingerprint density at radius 1 is 1.50 bits per heavy atom. The van der Waals surface area contributed by atoms with Crippen LogP contribution in [0.1, 0.15) is 34.2 Å². The van der Waals surface area contributed by atoms with E-state index in [4.69, 9.17) is 10.5 Å². The monoisotopic (exact) mass is 266 g/mol. The van der Waals surface area contributed by atoms with Crippen LogP contribution < -0.4 is 10.5 Å². The van der Waals surface area contributed by atoms with Gasteiger partial charge in [0.05, 0.1) is 34.9 Å². The van der Waals surface area contributed by atoms with Crippen molar-refractivity contribution in [2.75, 3.05) is 7.11 Å². The molecule has 0 aromatic carbocycles. The fourth-order valence-electron chi connectivity index (χ4n) is 2.06. The topological polar surface area (TPSA) is 66.0 Å². The maximum Gasteiger partial charge on any atom is 0.161 e. The summed E-state index contributed by atoms with van der Waals surface area (Å²) in [7, 11) is 1.64. The Morgan fingerprint density at radius 3 is 2.72 bits per heavy atom. The van der Waals surface area contributed by atoms with Crippen molar-refractivity contribution < 1.29 is 4.74 Å². The molecule has 2 rings (SSSR count). The van der Waals surface area contributed by atoms with Crippen molar-refractivity contribution >= 4 is 11.3 Å². The summed E-state index contributed by atoms with van der Waals surface area (Å²) in [6, 6.07) is -0.242. The summed E-state index contributed by atoms with van der Waals surface area (Å²) in [5.74, 6) is 0.731. The SMILES string of the molecule is CCn1ncc(OC)c1C(N)c1sc(C)nc1C. The van der Waals surface area contributed by atoms with Gasteiger partial charge in [-0.1, -0.05) is 0 Å². The highest BCUT2D eigenvalue weighted by Crippen LogP contribution is 2.32. The van der Waals surface area contributed by atoms with Crippen molar-refractivity contribution in [1.29, 1.82) is 0 Å². The van der Waals surface area contributed by atoms with Crippen LogP contribution in [0.5, 0.6) is 5.75 Å². The molecule has 0 aliphatic carbocycles. The Kier molecular flexibility index (Phi) is 3.68. The Morgan fingerprint density at radius 2 is 2.22 bits per heavy atom. The molecule has 0 bridgehead atoms. The van der Waals surface area contributed by atoms with Gasteiger partial charge in [0.2, 0.25) is 0 Å². The Hall–Kier alpha value is -1.40. The van der Waals surface area contributed by atoms with Crippen LogP contribution in [0.2, 0.25) is 0 Å². The molecule has 2 aromatic rings. The average Bonchev–Trinajstić information content (AvgIpc) is 2.90. The lowest BCUT2D eigenvalue weighted by molar-refractivity contribution is 0.405. The number of aryl methyl sites for hydroxylation is 3. The lowest BCUT2D eigenvalue weighted by Gasteiger charge is -2.14. The molecule has 0 fully saturated rings. The summed E-state index contributed by atoms with van der Waals surface area (Å²) in [5.41, 5.74) is 8.25. The van der Waals surface area contributed by atoms with E-state index in [9.17, 15) is 0 Å². The van der Waals surface area contributed by atoms with E-state index in [1.807, 2.05) is 25.5 Å². The van der Waals surface area contributed by atoms with Crippen LogP contribution in [0.25, 0.3) is 0 Å². The molecule has 0 aliphatic rings. The largest absolute Gasteiger partial charge is 0.493 e. The van der Waals surface area contributed by atoms with Gasteiger partial charge in [-0.05, 0) is 20.8 Å². The maximum atomic E-state index is 6.36. The number of nitrogens with two attached hydrogens (primary N) is 1. The molecule has 0 amide bonds. The highest BCUT2D eigenvalue weighted by atomic mass is 32.1. The van der Waals surface area contributed by atoms with E-state index in [-0.39, 0.29) is 6.04 Å². The molecule has 18 heavy (non-hydrogen) atoms. The van der Waals surface area contributed by atoms with E-state index in [1.54, 1.807) is 24.6 Å². The summed E-state index contributed by atoms with van der Waals surface area (Å²) in [6.07, 6.45) is 1.71. The first kappa shape index (κ1) is 13.0. The Labute approximate surface area is 111 Å². The van der Waals surface area contributed by atoms with Crippen LogP contribution in [0, 0.1) is 13.8 Å². The average molecular weight is 266 g/mol. The summed E-state index contributed by atoms with van der Waals surface area (Å²) in [6.45, 7) is 6.77. The smallest absolute Gasteiger partial charge is 0.161 e. The molecule has 1 unspecified atom stereocenters. The van der Waals surface area contributed by atoms with Crippen molar-refractivity contribution in [2.45, 2.75) is 33.4 Å². The normalized spacial score (nSPS) is 12.7. The molecular formula is C12H18N4OS. The summed E-state index contributed by atoms with van der Waals surface area (Å²) in [4.78, 5) is 5.49.